The first-order chi connectivity index (χ1) is 29.3. The summed E-state index contributed by atoms with van der Waals surface area (Å²) in [6.07, 6.45) is 44.8. The van der Waals surface area contributed by atoms with Gasteiger partial charge in [0.2, 0.25) is 5.91 Å². The first-order valence-corrected chi connectivity index (χ1v) is 25.2. The summed E-state index contributed by atoms with van der Waals surface area (Å²) in [5.41, 5.74) is 0. The van der Waals surface area contributed by atoms with Gasteiger partial charge in [-0.25, -0.2) is 0 Å². The van der Waals surface area contributed by atoms with Crippen molar-refractivity contribution in [1.82, 2.24) is 5.32 Å². The monoisotopic (exact) mass is 850 g/mol. The Morgan fingerprint density at radius 3 is 1.40 bits per heavy atom. The van der Waals surface area contributed by atoms with Gasteiger partial charge in [0.25, 0.3) is 0 Å². The Morgan fingerprint density at radius 1 is 0.550 bits per heavy atom. The topological polar surface area (TPSA) is 149 Å². The molecule has 6 N–H and O–H groups in total. The molecular weight excluding hydrogens is 755 g/mol. The molecule has 0 bridgehead atoms. The molecule has 0 saturated carbocycles. The lowest BCUT2D eigenvalue weighted by Gasteiger charge is -2.40. The molecule has 1 amide bonds. The Labute approximate surface area is 368 Å². The van der Waals surface area contributed by atoms with Crippen LogP contribution in [0.15, 0.2) is 36.5 Å². The molecule has 1 aliphatic rings. The molecule has 0 aromatic heterocycles. The number of aliphatic hydroxyl groups is 5. The van der Waals surface area contributed by atoms with E-state index in [0.29, 0.717) is 6.42 Å². The van der Waals surface area contributed by atoms with Crippen LogP contribution in [0.1, 0.15) is 226 Å². The zero-order valence-electron chi connectivity index (χ0n) is 38.7. The van der Waals surface area contributed by atoms with Crippen LogP contribution >= 0.6 is 0 Å². The molecule has 1 rings (SSSR count). The number of ether oxygens (including phenoxy) is 2. The molecule has 0 aromatic rings. The zero-order chi connectivity index (χ0) is 43.7. The van der Waals surface area contributed by atoms with Gasteiger partial charge >= 0.3 is 0 Å². The number of allylic oxidation sites excluding steroid dienone is 5. The number of hydrogen-bond acceptors (Lipinski definition) is 8. The molecule has 1 saturated heterocycles. The van der Waals surface area contributed by atoms with Gasteiger partial charge in [0.1, 0.15) is 24.4 Å². The molecule has 9 heteroatoms. The van der Waals surface area contributed by atoms with Gasteiger partial charge in [-0.2, -0.15) is 0 Å². The molecule has 7 atom stereocenters. The summed E-state index contributed by atoms with van der Waals surface area (Å²) in [5.74, 6) is -0.188. The predicted molar refractivity (Wildman–Crippen MR) is 249 cm³/mol. The van der Waals surface area contributed by atoms with Crippen LogP contribution in [0.4, 0.5) is 0 Å². The van der Waals surface area contributed by atoms with Crippen LogP contribution in [-0.4, -0.2) is 87.5 Å². The number of amides is 1. The van der Waals surface area contributed by atoms with Crippen molar-refractivity contribution in [3.8, 4) is 0 Å². The number of rotatable bonds is 42. The molecule has 1 heterocycles. The normalized spacial score (nSPS) is 20.8. The van der Waals surface area contributed by atoms with Crippen molar-refractivity contribution in [1.29, 1.82) is 0 Å². The Kier molecular flexibility index (Phi) is 39.0. The van der Waals surface area contributed by atoms with E-state index in [0.717, 1.165) is 44.9 Å². The van der Waals surface area contributed by atoms with E-state index in [1.54, 1.807) is 6.08 Å². The van der Waals surface area contributed by atoms with Crippen LogP contribution in [0.2, 0.25) is 0 Å². The molecule has 60 heavy (non-hydrogen) atoms. The highest BCUT2D eigenvalue weighted by atomic mass is 16.7. The standard InChI is InChI=1S/C51H95NO8/c1-3-5-7-9-11-13-15-17-19-21-23-25-27-29-31-33-35-37-39-41-47(55)52-44(43-59-51-50(58)49(57)48(56)46(42-53)60-51)45(54)40-38-36-34-32-30-28-26-24-22-20-18-16-14-12-10-8-6-4-2/h22,24,30,32,38,40,44-46,48-51,53-54,56-58H,3-21,23,25-29,31,33-37,39,41-43H2,1-2H3,(H,52,55)/b24-22+,32-30+,40-38+. The van der Waals surface area contributed by atoms with Crippen LogP contribution in [0.25, 0.3) is 0 Å². The molecule has 7 unspecified atom stereocenters. The Hall–Kier alpha value is -1.59. The summed E-state index contributed by atoms with van der Waals surface area (Å²) in [4.78, 5) is 13.0. The summed E-state index contributed by atoms with van der Waals surface area (Å²) in [5, 5.41) is 54.3. The van der Waals surface area contributed by atoms with Gasteiger partial charge in [-0.3, -0.25) is 4.79 Å². The molecule has 1 aliphatic heterocycles. The summed E-state index contributed by atoms with van der Waals surface area (Å²) in [6, 6.07) is -0.824. The van der Waals surface area contributed by atoms with Gasteiger partial charge < -0.3 is 40.3 Å². The number of unbranched alkanes of at least 4 members (excludes halogenated alkanes) is 28. The van der Waals surface area contributed by atoms with E-state index in [1.165, 1.54) is 161 Å². The van der Waals surface area contributed by atoms with Crippen LogP contribution in [0.3, 0.4) is 0 Å². The first kappa shape index (κ1) is 56.4. The lowest BCUT2D eigenvalue weighted by Crippen LogP contribution is -2.60. The molecule has 9 nitrogen and oxygen atoms in total. The van der Waals surface area contributed by atoms with Gasteiger partial charge in [-0.05, 0) is 44.9 Å². The highest BCUT2D eigenvalue weighted by Gasteiger charge is 2.44. The van der Waals surface area contributed by atoms with Crippen LogP contribution in [-0.2, 0) is 14.3 Å². The van der Waals surface area contributed by atoms with Crippen molar-refractivity contribution in [2.45, 2.75) is 269 Å². The molecule has 0 radical (unpaired) electrons. The minimum Gasteiger partial charge on any atom is -0.394 e. The average molecular weight is 850 g/mol. The smallest absolute Gasteiger partial charge is 0.220 e. The number of nitrogens with one attached hydrogen (secondary N) is 1. The number of carbonyl (C=O) groups excluding carboxylic acids is 1. The van der Waals surface area contributed by atoms with E-state index in [2.05, 4.69) is 43.5 Å². The van der Waals surface area contributed by atoms with Crippen molar-refractivity contribution in [3.05, 3.63) is 36.5 Å². The van der Waals surface area contributed by atoms with E-state index < -0.39 is 49.5 Å². The summed E-state index contributed by atoms with van der Waals surface area (Å²) >= 11 is 0. The number of aliphatic hydroxyl groups excluding tert-OH is 5. The minimum atomic E-state index is -1.57. The van der Waals surface area contributed by atoms with Gasteiger partial charge in [0.05, 0.1) is 25.4 Å². The Balaban J connectivity index is 2.34. The summed E-state index contributed by atoms with van der Waals surface area (Å²) in [7, 11) is 0. The Bertz CT molecular complexity index is 1030. The van der Waals surface area contributed by atoms with E-state index in [-0.39, 0.29) is 12.5 Å². The summed E-state index contributed by atoms with van der Waals surface area (Å²) < 4.78 is 11.2. The predicted octanol–water partition coefficient (Wildman–Crippen LogP) is 11.2. The SMILES string of the molecule is CCCCCCCCCC/C=C/CC/C=C/CC/C=C/C(O)C(COC1OC(CO)C(O)C(O)C1O)NC(=O)CCCCCCCCCCCCCCCCCCCCC. The van der Waals surface area contributed by atoms with Crippen molar-refractivity contribution in [3.63, 3.8) is 0 Å². The number of hydrogen-bond donors (Lipinski definition) is 6. The van der Waals surface area contributed by atoms with Gasteiger partial charge in [0, 0.05) is 6.42 Å². The molecular formula is C51H95NO8. The van der Waals surface area contributed by atoms with E-state index >= 15 is 0 Å². The minimum absolute atomic E-state index is 0.188. The van der Waals surface area contributed by atoms with Crippen molar-refractivity contribution in [2.24, 2.45) is 0 Å². The van der Waals surface area contributed by atoms with Crippen molar-refractivity contribution < 1.29 is 39.8 Å². The fourth-order valence-electron chi connectivity index (χ4n) is 7.89. The van der Waals surface area contributed by atoms with Gasteiger partial charge in [-0.15, -0.1) is 0 Å². The second-order valence-electron chi connectivity index (χ2n) is 17.6. The lowest BCUT2D eigenvalue weighted by molar-refractivity contribution is -0.302. The second-order valence-corrected chi connectivity index (χ2v) is 17.6. The summed E-state index contributed by atoms with van der Waals surface area (Å²) in [6.45, 7) is 3.76. The van der Waals surface area contributed by atoms with Crippen LogP contribution < -0.4 is 5.32 Å². The molecule has 0 aliphatic carbocycles. The third-order valence-electron chi connectivity index (χ3n) is 11.9. The Morgan fingerprint density at radius 2 is 0.950 bits per heavy atom. The number of carbonyl (C=O) groups is 1. The second kappa shape index (κ2) is 41.4. The highest BCUT2D eigenvalue weighted by molar-refractivity contribution is 5.76. The van der Waals surface area contributed by atoms with Crippen LogP contribution in [0, 0.1) is 0 Å². The van der Waals surface area contributed by atoms with Crippen LogP contribution in [0.5, 0.6) is 0 Å². The third kappa shape index (κ3) is 31.3. The quantitative estimate of drug-likeness (QED) is 0.0263. The van der Waals surface area contributed by atoms with Gasteiger partial charge in [-0.1, -0.05) is 211 Å². The zero-order valence-corrected chi connectivity index (χ0v) is 38.7. The maximum Gasteiger partial charge on any atom is 0.220 e. The lowest BCUT2D eigenvalue weighted by atomic mass is 9.99. The van der Waals surface area contributed by atoms with Crippen molar-refractivity contribution >= 4 is 5.91 Å². The van der Waals surface area contributed by atoms with E-state index in [9.17, 15) is 30.3 Å². The molecule has 1 fully saturated rings. The first-order valence-electron chi connectivity index (χ1n) is 25.2. The molecule has 0 spiro atoms. The fraction of sp³-hybridized carbons (Fsp3) is 0.863. The maximum atomic E-state index is 13.0. The largest absolute Gasteiger partial charge is 0.394 e. The molecule has 0 aromatic carbocycles. The van der Waals surface area contributed by atoms with E-state index in [1.807, 2.05) is 6.08 Å². The average Bonchev–Trinajstić information content (AvgIpc) is 3.25. The third-order valence-corrected chi connectivity index (χ3v) is 11.9. The maximum absolute atomic E-state index is 13.0. The highest BCUT2D eigenvalue weighted by Crippen LogP contribution is 2.23. The van der Waals surface area contributed by atoms with E-state index in [4.69, 9.17) is 9.47 Å². The molecule has 352 valence electrons. The van der Waals surface area contributed by atoms with Crippen molar-refractivity contribution in [2.75, 3.05) is 13.2 Å². The fourth-order valence-corrected chi connectivity index (χ4v) is 7.89. The van der Waals surface area contributed by atoms with Gasteiger partial charge in [0.15, 0.2) is 6.29 Å².